The molecular formula is C8H14F2. The van der Waals surface area contributed by atoms with E-state index in [-0.39, 0.29) is 17.8 Å². The van der Waals surface area contributed by atoms with Gasteiger partial charge in [0.05, 0.1) is 0 Å². The highest BCUT2D eigenvalue weighted by molar-refractivity contribution is 4.94. The molecular weight excluding hydrogens is 134 g/mol. The molecule has 60 valence electrons. The van der Waals surface area contributed by atoms with E-state index < -0.39 is 5.92 Å². The van der Waals surface area contributed by atoms with E-state index in [1.165, 1.54) is 0 Å². The lowest BCUT2D eigenvalue weighted by atomic mass is 9.66. The quantitative estimate of drug-likeness (QED) is 0.495. The Bertz CT molecular complexity index is 123. The number of rotatable bonds is 0. The Kier molecular flexibility index (Phi) is 1.53. The predicted octanol–water partition coefficient (Wildman–Crippen LogP) is 3.08. The SMILES string of the molecule is CC(C)(C)C1CCC1(F)F. The Labute approximate surface area is 60.6 Å². The highest BCUT2D eigenvalue weighted by Crippen LogP contribution is 2.52. The molecule has 0 heterocycles. The molecule has 1 aliphatic carbocycles. The third-order valence-corrected chi connectivity index (χ3v) is 2.32. The van der Waals surface area contributed by atoms with Gasteiger partial charge in [-0.2, -0.15) is 0 Å². The molecule has 0 radical (unpaired) electrons. The Hall–Kier alpha value is -0.140. The second-order valence-electron chi connectivity index (χ2n) is 4.22. The molecule has 0 amide bonds. The van der Waals surface area contributed by atoms with E-state index in [4.69, 9.17) is 0 Å². The van der Waals surface area contributed by atoms with Gasteiger partial charge in [0.1, 0.15) is 0 Å². The van der Waals surface area contributed by atoms with Crippen LogP contribution in [-0.4, -0.2) is 5.92 Å². The molecule has 1 unspecified atom stereocenters. The summed E-state index contributed by atoms with van der Waals surface area (Å²) in [6.45, 7) is 5.64. The zero-order valence-electron chi connectivity index (χ0n) is 6.75. The van der Waals surface area contributed by atoms with Gasteiger partial charge in [0.15, 0.2) is 0 Å². The molecule has 1 rings (SSSR count). The first-order valence-corrected chi connectivity index (χ1v) is 3.72. The number of alkyl halides is 2. The van der Waals surface area contributed by atoms with Crippen molar-refractivity contribution >= 4 is 0 Å². The van der Waals surface area contributed by atoms with Crippen molar-refractivity contribution in [2.24, 2.45) is 11.3 Å². The molecule has 0 saturated heterocycles. The zero-order valence-corrected chi connectivity index (χ0v) is 6.75. The van der Waals surface area contributed by atoms with Gasteiger partial charge in [-0.3, -0.25) is 0 Å². The number of halogens is 2. The summed E-state index contributed by atoms with van der Waals surface area (Å²) in [5.41, 5.74) is -0.220. The minimum absolute atomic E-state index is 0.0922. The van der Waals surface area contributed by atoms with E-state index in [0.717, 1.165) is 0 Å². The van der Waals surface area contributed by atoms with E-state index in [2.05, 4.69) is 0 Å². The van der Waals surface area contributed by atoms with Gasteiger partial charge in [0.2, 0.25) is 0 Å². The van der Waals surface area contributed by atoms with Crippen molar-refractivity contribution in [3.05, 3.63) is 0 Å². The van der Waals surface area contributed by atoms with Crippen LogP contribution < -0.4 is 0 Å². The normalized spacial score (nSPS) is 31.5. The minimum atomic E-state index is -2.38. The second kappa shape index (κ2) is 1.93. The summed E-state index contributed by atoms with van der Waals surface area (Å²) >= 11 is 0. The smallest absolute Gasteiger partial charge is 0.207 e. The molecule has 0 aromatic rings. The monoisotopic (exact) mass is 148 g/mol. The fourth-order valence-corrected chi connectivity index (χ4v) is 1.57. The Morgan fingerprint density at radius 2 is 1.80 bits per heavy atom. The molecule has 0 N–H and O–H groups in total. The fourth-order valence-electron chi connectivity index (χ4n) is 1.57. The van der Waals surface area contributed by atoms with E-state index in [1.807, 2.05) is 20.8 Å². The van der Waals surface area contributed by atoms with Crippen LogP contribution in [0.15, 0.2) is 0 Å². The zero-order chi connectivity index (χ0) is 7.99. The third-order valence-electron chi connectivity index (χ3n) is 2.32. The fraction of sp³-hybridized carbons (Fsp3) is 1.00. The van der Waals surface area contributed by atoms with E-state index in [1.54, 1.807) is 0 Å². The van der Waals surface area contributed by atoms with Crippen LogP contribution in [0.4, 0.5) is 8.78 Å². The predicted molar refractivity (Wildman–Crippen MR) is 37.1 cm³/mol. The number of hydrogen-bond acceptors (Lipinski definition) is 0. The first-order valence-electron chi connectivity index (χ1n) is 3.72. The standard InChI is InChI=1S/C8H14F2/c1-7(2,3)6-4-5-8(6,9)10/h6H,4-5H2,1-3H3. The van der Waals surface area contributed by atoms with Crippen LogP contribution in [0.2, 0.25) is 0 Å². The van der Waals surface area contributed by atoms with E-state index in [9.17, 15) is 8.78 Å². The maximum absolute atomic E-state index is 12.7. The topological polar surface area (TPSA) is 0 Å². The Morgan fingerprint density at radius 3 is 1.80 bits per heavy atom. The Balaban J connectivity index is 2.60. The van der Waals surface area contributed by atoms with Gasteiger partial charge >= 0.3 is 0 Å². The van der Waals surface area contributed by atoms with Crippen molar-refractivity contribution in [3.8, 4) is 0 Å². The van der Waals surface area contributed by atoms with Crippen LogP contribution in [0.3, 0.4) is 0 Å². The molecule has 0 spiro atoms. The molecule has 1 atom stereocenters. The molecule has 0 nitrogen and oxygen atoms in total. The van der Waals surface area contributed by atoms with Crippen molar-refractivity contribution in [2.45, 2.75) is 39.5 Å². The lowest BCUT2D eigenvalue weighted by Gasteiger charge is -2.44. The summed E-state index contributed by atoms with van der Waals surface area (Å²) in [4.78, 5) is 0. The highest BCUT2D eigenvalue weighted by atomic mass is 19.3. The van der Waals surface area contributed by atoms with Crippen molar-refractivity contribution < 1.29 is 8.78 Å². The molecule has 1 saturated carbocycles. The van der Waals surface area contributed by atoms with Crippen LogP contribution in [0.5, 0.6) is 0 Å². The lowest BCUT2D eigenvalue weighted by Crippen LogP contribution is -2.46. The third kappa shape index (κ3) is 1.16. The summed E-state index contributed by atoms with van der Waals surface area (Å²) in [5.74, 6) is -2.77. The highest BCUT2D eigenvalue weighted by Gasteiger charge is 2.53. The van der Waals surface area contributed by atoms with Gasteiger partial charge in [-0.05, 0) is 11.8 Å². The Morgan fingerprint density at radius 1 is 1.30 bits per heavy atom. The molecule has 0 aromatic carbocycles. The molecule has 0 aliphatic heterocycles. The minimum Gasteiger partial charge on any atom is -0.207 e. The van der Waals surface area contributed by atoms with Gasteiger partial charge in [-0.25, -0.2) is 8.78 Å². The lowest BCUT2D eigenvalue weighted by molar-refractivity contribution is -0.169. The van der Waals surface area contributed by atoms with Crippen molar-refractivity contribution in [2.75, 3.05) is 0 Å². The first kappa shape index (κ1) is 7.96. The van der Waals surface area contributed by atoms with Gasteiger partial charge in [0.25, 0.3) is 5.92 Å². The van der Waals surface area contributed by atoms with Gasteiger partial charge < -0.3 is 0 Å². The van der Waals surface area contributed by atoms with E-state index >= 15 is 0 Å². The van der Waals surface area contributed by atoms with Crippen molar-refractivity contribution in [1.29, 1.82) is 0 Å². The second-order valence-corrected chi connectivity index (χ2v) is 4.22. The first-order chi connectivity index (χ1) is 4.34. The molecule has 10 heavy (non-hydrogen) atoms. The molecule has 0 aromatic heterocycles. The van der Waals surface area contributed by atoms with E-state index in [0.29, 0.717) is 6.42 Å². The largest absolute Gasteiger partial charge is 0.251 e. The summed E-state index contributed by atoms with van der Waals surface area (Å²) in [6.07, 6.45) is 0.783. The van der Waals surface area contributed by atoms with Gasteiger partial charge in [-0.15, -0.1) is 0 Å². The molecule has 2 heteroatoms. The van der Waals surface area contributed by atoms with Gasteiger partial charge in [-0.1, -0.05) is 20.8 Å². The summed E-state index contributed by atoms with van der Waals surface area (Å²) in [7, 11) is 0. The summed E-state index contributed by atoms with van der Waals surface area (Å²) in [5, 5.41) is 0. The maximum atomic E-state index is 12.7. The molecule has 1 fully saturated rings. The van der Waals surface area contributed by atoms with Crippen molar-refractivity contribution in [1.82, 2.24) is 0 Å². The molecule has 0 bridgehead atoms. The average molecular weight is 148 g/mol. The van der Waals surface area contributed by atoms with Crippen LogP contribution in [-0.2, 0) is 0 Å². The average Bonchev–Trinajstić information content (AvgIpc) is 1.58. The van der Waals surface area contributed by atoms with Crippen LogP contribution >= 0.6 is 0 Å². The van der Waals surface area contributed by atoms with Gasteiger partial charge in [0, 0.05) is 12.3 Å². The van der Waals surface area contributed by atoms with Crippen molar-refractivity contribution in [3.63, 3.8) is 0 Å². The summed E-state index contributed by atoms with van der Waals surface area (Å²) in [6, 6.07) is 0. The van der Waals surface area contributed by atoms with Crippen LogP contribution in [0, 0.1) is 11.3 Å². The summed E-state index contributed by atoms with van der Waals surface area (Å²) < 4.78 is 25.4. The molecule has 1 aliphatic rings. The maximum Gasteiger partial charge on any atom is 0.251 e. The van der Waals surface area contributed by atoms with Crippen LogP contribution in [0.25, 0.3) is 0 Å². The number of hydrogen-bond donors (Lipinski definition) is 0. The van der Waals surface area contributed by atoms with Crippen LogP contribution in [0.1, 0.15) is 33.6 Å².